The van der Waals surface area contributed by atoms with Gasteiger partial charge in [0.2, 0.25) is 5.91 Å². The van der Waals surface area contributed by atoms with Gasteiger partial charge in [-0.15, -0.1) is 6.42 Å². The summed E-state index contributed by atoms with van der Waals surface area (Å²) in [6.07, 6.45) is 5.36. The molecular formula is C27H32ClN3O4. The van der Waals surface area contributed by atoms with Crippen molar-refractivity contribution < 1.29 is 19.1 Å². The number of terminal acetylenes is 1. The van der Waals surface area contributed by atoms with E-state index in [-0.39, 0.29) is 13.1 Å². The molecule has 2 N–H and O–H groups in total. The van der Waals surface area contributed by atoms with Crippen LogP contribution in [0.25, 0.3) is 0 Å². The first-order valence-electron chi connectivity index (χ1n) is 11.4. The molecule has 0 spiro atoms. The monoisotopic (exact) mass is 497 g/mol. The van der Waals surface area contributed by atoms with Crippen LogP contribution in [0.5, 0.6) is 0 Å². The molecule has 0 radical (unpaired) electrons. The van der Waals surface area contributed by atoms with Crippen LogP contribution in [0.1, 0.15) is 56.8 Å². The van der Waals surface area contributed by atoms with E-state index in [0.717, 1.165) is 5.56 Å². The first-order chi connectivity index (χ1) is 16.5. The number of aryl methyl sites for hydroxylation is 1. The normalized spacial score (nSPS) is 11.7. The minimum atomic E-state index is -0.981. The highest BCUT2D eigenvalue weighted by Crippen LogP contribution is 2.29. The highest BCUT2D eigenvalue weighted by molar-refractivity contribution is 6.34. The highest BCUT2D eigenvalue weighted by Gasteiger charge is 2.32. The van der Waals surface area contributed by atoms with E-state index in [4.69, 9.17) is 22.8 Å². The van der Waals surface area contributed by atoms with Crippen LogP contribution in [0.4, 0.5) is 10.5 Å². The van der Waals surface area contributed by atoms with Crippen molar-refractivity contribution in [3.05, 3.63) is 64.2 Å². The number of rotatable bonds is 8. The third-order valence-corrected chi connectivity index (χ3v) is 5.31. The Balaban J connectivity index is 2.39. The minimum Gasteiger partial charge on any atom is -0.444 e. The number of carbonyl (C=O) groups excluding carboxylic acids is 3. The Morgan fingerprint density at radius 2 is 1.80 bits per heavy atom. The summed E-state index contributed by atoms with van der Waals surface area (Å²) in [5.74, 6) is 1.67. The van der Waals surface area contributed by atoms with E-state index in [2.05, 4.69) is 16.6 Å². The molecule has 0 saturated carbocycles. The van der Waals surface area contributed by atoms with Gasteiger partial charge >= 0.3 is 6.09 Å². The van der Waals surface area contributed by atoms with E-state index >= 15 is 0 Å². The fourth-order valence-electron chi connectivity index (χ4n) is 3.42. The molecular weight excluding hydrogens is 466 g/mol. The van der Waals surface area contributed by atoms with Crippen molar-refractivity contribution in [2.75, 3.05) is 18.4 Å². The van der Waals surface area contributed by atoms with Gasteiger partial charge in [0.15, 0.2) is 0 Å². The van der Waals surface area contributed by atoms with Crippen LogP contribution in [0.3, 0.4) is 0 Å². The van der Waals surface area contributed by atoms with Gasteiger partial charge in [-0.2, -0.15) is 0 Å². The van der Waals surface area contributed by atoms with Gasteiger partial charge in [-0.25, -0.2) is 4.79 Å². The van der Waals surface area contributed by atoms with Crippen LogP contribution in [-0.2, 0) is 14.3 Å². The first kappa shape index (κ1) is 27.7. The van der Waals surface area contributed by atoms with E-state index < -0.39 is 29.6 Å². The van der Waals surface area contributed by atoms with Crippen molar-refractivity contribution >= 4 is 35.2 Å². The van der Waals surface area contributed by atoms with Crippen molar-refractivity contribution in [2.45, 2.75) is 52.7 Å². The topological polar surface area (TPSA) is 87.7 Å². The molecule has 0 aliphatic heterocycles. The summed E-state index contributed by atoms with van der Waals surface area (Å²) in [7, 11) is 0. The van der Waals surface area contributed by atoms with Crippen molar-refractivity contribution in [3.8, 4) is 12.3 Å². The average Bonchev–Trinajstić information content (AvgIpc) is 2.79. The number of hydrogen-bond donors (Lipinski definition) is 2. The predicted molar refractivity (Wildman–Crippen MR) is 138 cm³/mol. The maximum atomic E-state index is 13.6. The molecule has 0 saturated heterocycles. The Kier molecular flexibility index (Phi) is 9.73. The summed E-state index contributed by atoms with van der Waals surface area (Å²) in [6.45, 7) is 8.88. The Morgan fingerprint density at radius 1 is 1.14 bits per heavy atom. The SMILES string of the molecule is C#Cc1ccc(C(C(=O)Nc2c(C)cccc2Cl)N(CCC)C(=O)CNC(=O)OC(C)(C)C)cc1. The summed E-state index contributed by atoms with van der Waals surface area (Å²) in [5.41, 5.74) is 1.78. The molecule has 0 fully saturated rings. The maximum absolute atomic E-state index is 13.6. The average molecular weight is 498 g/mol. The molecule has 0 heterocycles. The molecule has 35 heavy (non-hydrogen) atoms. The Bertz CT molecular complexity index is 1080. The fraction of sp³-hybridized carbons (Fsp3) is 0.370. The second-order valence-corrected chi connectivity index (χ2v) is 9.44. The Morgan fingerprint density at radius 3 is 2.34 bits per heavy atom. The molecule has 186 valence electrons. The number of carbonyl (C=O) groups is 3. The standard InChI is InChI=1S/C27H32ClN3O4/c1-7-16-31(22(32)17-29-26(34)35-27(4,5)6)24(20-14-12-19(8-2)13-15-20)25(33)30-23-18(3)10-9-11-21(23)28/h2,9-15,24H,7,16-17H2,1,3-6H3,(H,29,34)(H,30,33). The molecule has 3 amide bonds. The van der Waals surface area contributed by atoms with E-state index in [0.29, 0.717) is 28.3 Å². The smallest absolute Gasteiger partial charge is 0.408 e. The van der Waals surface area contributed by atoms with Gasteiger partial charge < -0.3 is 20.3 Å². The molecule has 2 rings (SSSR count). The van der Waals surface area contributed by atoms with Crippen LogP contribution in [0.15, 0.2) is 42.5 Å². The lowest BCUT2D eigenvalue weighted by Gasteiger charge is -2.31. The molecule has 7 nitrogen and oxygen atoms in total. The Labute approximate surface area is 212 Å². The maximum Gasteiger partial charge on any atom is 0.408 e. The number of amides is 3. The fourth-order valence-corrected chi connectivity index (χ4v) is 3.69. The third kappa shape index (κ3) is 8.04. The predicted octanol–water partition coefficient (Wildman–Crippen LogP) is 5.07. The largest absolute Gasteiger partial charge is 0.444 e. The molecule has 0 bridgehead atoms. The molecule has 0 aromatic heterocycles. The van der Waals surface area contributed by atoms with E-state index in [9.17, 15) is 14.4 Å². The van der Waals surface area contributed by atoms with Gasteiger partial charge in [0.25, 0.3) is 5.91 Å². The van der Waals surface area contributed by atoms with Crippen molar-refractivity contribution in [2.24, 2.45) is 0 Å². The molecule has 8 heteroatoms. The molecule has 1 atom stereocenters. The lowest BCUT2D eigenvalue weighted by atomic mass is 10.0. The quantitative estimate of drug-likeness (QED) is 0.498. The van der Waals surface area contributed by atoms with Gasteiger partial charge in [-0.1, -0.05) is 48.7 Å². The zero-order chi connectivity index (χ0) is 26.2. The van der Waals surface area contributed by atoms with E-state index in [1.165, 1.54) is 4.90 Å². The summed E-state index contributed by atoms with van der Waals surface area (Å²) in [5, 5.41) is 5.74. The Hall–Kier alpha value is -3.50. The molecule has 2 aromatic carbocycles. The summed E-state index contributed by atoms with van der Waals surface area (Å²) in [4.78, 5) is 40.4. The first-order valence-corrected chi connectivity index (χ1v) is 11.7. The van der Waals surface area contributed by atoms with E-state index in [1.54, 1.807) is 57.2 Å². The second-order valence-electron chi connectivity index (χ2n) is 9.03. The number of anilines is 1. The van der Waals surface area contributed by atoms with E-state index in [1.807, 2.05) is 19.9 Å². The number of ether oxygens (including phenoxy) is 1. The number of alkyl carbamates (subject to hydrolysis) is 1. The molecule has 0 aliphatic rings. The van der Waals surface area contributed by atoms with Crippen LogP contribution in [0.2, 0.25) is 5.02 Å². The minimum absolute atomic E-state index is 0.283. The van der Waals surface area contributed by atoms with Gasteiger partial charge in [-0.3, -0.25) is 9.59 Å². The van der Waals surface area contributed by atoms with Crippen molar-refractivity contribution in [1.82, 2.24) is 10.2 Å². The number of nitrogens with zero attached hydrogens (tertiary/aromatic N) is 1. The molecule has 1 unspecified atom stereocenters. The van der Waals surface area contributed by atoms with Crippen molar-refractivity contribution in [3.63, 3.8) is 0 Å². The lowest BCUT2D eigenvalue weighted by Crippen LogP contribution is -2.46. The summed E-state index contributed by atoms with van der Waals surface area (Å²) >= 11 is 6.33. The summed E-state index contributed by atoms with van der Waals surface area (Å²) in [6, 6.07) is 11.2. The number of nitrogens with one attached hydrogen (secondary N) is 2. The van der Waals surface area contributed by atoms with Crippen molar-refractivity contribution in [1.29, 1.82) is 0 Å². The van der Waals surface area contributed by atoms with Crippen LogP contribution >= 0.6 is 11.6 Å². The van der Waals surface area contributed by atoms with Crippen LogP contribution in [0, 0.1) is 19.3 Å². The third-order valence-electron chi connectivity index (χ3n) is 4.99. The highest BCUT2D eigenvalue weighted by atomic mass is 35.5. The number of hydrogen-bond acceptors (Lipinski definition) is 4. The van der Waals surface area contributed by atoms with Gasteiger partial charge in [0, 0.05) is 12.1 Å². The number of benzene rings is 2. The second kappa shape index (κ2) is 12.3. The van der Waals surface area contributed by atoms with Gasteiger partial charge in [0.05, 0.1) is 10.7 Å². The zero-order valence-electron chi connectivity index (χ0n) is 20.8. The number of halogens is 1. The van der Waals surface area contributed by atoms with Crippen LogP contribution in [-0.4, -0.2) is 41.5 Å². The lowest BCUT2D eigenvalue weighted by molar-refractivity contribution is -0.138. The molecule has 2 aromatic rings. The number of para-hydroxylation sites is 1. The zero-order valence-corrected chi connectivity index (χ0v) is 21.5. The summed E-state index contributed by atoms with van der Waals surface area (Å²) < 4.78 is 5.22. The molecule has 0 aliphatic carbocycles. The van der Waals surface area contributed by atoms with Gasteiger partial charge in [0.1, 0.15) is 18.2 Å². The van der Waals surface area contributed by atoms with Gasteiger partial charge in [-0.05, 0) is 63.4 Å². The van der Waals surface area contributed by atoms with Crippen LogP contribution < -0.4 is 10.6 Å².